The Morgan fingerprint density at radius 2 is 1.93 bits per heavy atom. The van der Waals surface area contributed by atoms with Crippen molar-refractivity contribution in [3.63, 3.8) is 0 Å². The summed E-state index contributed by atoms with van der Waals surface area (Å²) in [7, 11) is 0. The number of nitrogens with zero attached hydrogens (tertiary/aromatic N) is 1. The van der Waals surface area contributed by atoms with Gasteiger partial charge in [-0.25, -0.2) is 0 Å². The Balaban J connectivity index is 1.85. The summed E-state index contributed by atoms with van der Waals surface area (Å²) < 4.78 is 5.69. The van der Waals surface area contributed by atoms with Crippen molar-refractivity contribution in [1.82, 2.24) is 4.90 Å². The van der Waals surface area contributed by atoms with E-state index in [1.807, 2.05) is 17.5 Å². The van der Waals surface area contributed by atoms with Crippen LogP contribution < -0.4 is 5.32 Å². The van der Waals surface area contributed by atoms with E-state index in [1.54, 1.807) is 39.0 Å². The smallest absolute Gasteiger partial charge is 0.262 e. The highest BCUT2D eigenvalue weighted by molar-refractivity contribution is 7.11. The SMILES string of the molecule is CC1=C(c2cccs2)C(=O)N(C(C)(C)C(=O)Nc2cc(Cl)cc(Cl)c2)CO1. The fraction of sp³-hybridized carbons (Fsp3) is 0.263. The Morgan fingerprint density at radius 1 is 1.26 bits per heavy atom. The first-order valence-corrected chi connectivity index (χ1v) is 9.81. The van der Waals surface area contributed by atoms with Crippen molar-refractivity contribution in [1.29, 1.82) is 0 Å². The Labute approximate surface area is 171 Å². The number of nitrogens with one attached hydrogen (secondary N) is 1. The molecule has 0 aliphatic carbocycles. The second kappa shape index (κ2) is 7.54. The topological polar surface area (TPSA) is 58.6 Å². The summed E-state index contributed by atoms with van der Waals surface area (Å²) in [5.41, 5.74) is -0.223. The number of amides is 2. The van der Waals surface area contributed by atoms with Crippen LogP contribution in [-0.2, 0) is 14.3 Å². The summed E-state index contributed by atoms with van der Waals surface area (Å²) in [5.74, 6) is -0.0649. The van der Waals surface area contributed by atoms with E-state index < -0.39 is 5.54 Å². The predicted octanol–water partition coefficient (Wildman–Crippen LogP) is 5.02. The van der Waals surface area contributed by atoms with Crippen molar-refractivity contribution < 1.29 is 14.3 Å². The van der Waals surface area contributed by atoms with Crippen LogP contribution in [0, 0.1) is 0 Å². The molecule has 1 aromatic carbocycles. The van der Waals surface area contributed by atoms with Gasteiger partial charge in [-0.1, -0.05) is 29.3 Å². The molecule has 2 aromatic rings. The fourth-order valence-electron chi connectivity index (χ4n) is 2.73. The van der Waals surface area contributed by atoms with Crippen molar-refractivity contribution in [2.45, 2.75) is 26.3 Å². The average molecular weight is 425 g/mol. The first-order valence-electron chi connectivity index (χ1n) is 8.17. The van der Waals surface area contributed by atoms with Gasteiger partial charge in [-0.3, -0.25) is 14.5 Å². The van der Waals surface area contributed by atoms with Gasteiger partial charge in [0, 0.05) is 20.6 Å². The number of hydrogen-bond acceptors (Lipinski definition) is 4. The number of halogens is 2. The molecule has 2 amide bonds. The number of allylic oxidation sites excluding steroid dienone is 1. The summed E-state index contributed by atoms with van der Waals surface area (Å²) in [5, 5.41) is 5.48. The number of ether oxygens (including phenoxy) is 1. The lowest BCUT2D eigenvalue weighted by Crippen LogP contribution is -2.57. The maximum Gasteiger partial charge on any atom is 0.262 e. The third-order valence-electron chi connectivity index (χ3n) is 4.34. The molecule has 0 saturated heterocycles. The first-order chi connectivity index (χ1) is 12.7. The van der Waals surface area contributed by atoms with Gasteiger partial charge in [-0.05, 0) is 50.4 Å². The molecule has 0 spiro atoms. The van der Waals surface area contributed by atoms with Crippen LogP contribution in [0.25, 0.3) is 5.57 Å². The lowest BCUT2D eigenvalue weighted by Gasteiger charge is -2.40. The van der Waals surface area contributed by atoms with Crippen LogP contribution in [-0.4, -0.2) is 29.0 Å². The zero-order chi connectivity index (χ0) is 19.8. The molecular weight excluding hydrogens is 407 g/mol. The Hall–Kier alpha value is -2.02. The minimum absolute atomic E-state index is 0.00371. The Morgan fingerprint density at radius 3 is 2.52 bits per heavy atom. The van der Waals surface area contributed by atoms with Crippen LogP contribution in [0.5, 0.6) is 0 Å². The highest BCUT2D eigenvalue weighted by Gasteiger charge is 2.42. The molecule has 0 unspecified atom stereocenters. The minimum atomic E-state index is -1.16. The van der Waals surface area contributed by atoms with Gasteiger partial charge in [0.15, 0.2) is 6.73 Å². The highest BCUT2D eigenvalue weighted by Crippen LogP contribution is 2.33. The average Bonchev–Trinajstić information content (AvgIpc) is 3.07. The van der Waals surface area contributed by atoms with E-state index in [2.05, 4.69) is 5.32 Å². The van der Waals surface area contributed by atoms with Gasteiger partial charge >= 0.3 is 0 Å². The van der Waals surface area contributed by atoms with Gasteiger partial charge in [0.25, 0.3) is 5.91 Å². The highest BCUT2D eigenvalue weighted by atomic mass is 35.5. The molecular formula is C19H18Cl2N2O3S. The maximum atomic E-state index is 13.1. The van der Waals surface area contributed by atoms with E-state index in [1.165, 1.54) is 16.2 Å². The molecule has 0 atom stereocenters. The van der Waals surface area contributed by atoms with Gasteiger partial charge in [-0.15, -0.1) is 11.3 Å². The van der Waals surface area contributed by atoms with Crippen LogP contribution in [0.4, 0.5) is 5.69 Å². The first kappa shape index (κ1) is 19.7. The van der Waals surface area contributed by atoms with Gasteiger partial charge in [-0.2, -0.15) is 0 Å². The number of carbonyl (C=O) groups excluding carboxylic acids is 2. The van der Waals surface area contributed by atoms with E-state index >= 15 is 0 Å². The molecule has 0 radical (unpaired) electrons. The summed E-state index contributed by atoms with van der Waals surface area (Å²) in [6.07, 6.45) is 0. The van der Waals surface area contributed by atoms with Crippen molar-refractivity contribution in [2.24, 2.45) is 0 Å². The standard InChI is InChI=1S/C19H18Cl2N2O3S/c1-11-16(15-5-4-6-27-15)17(24)23(10-26-11)19(2,3)18(25)22-14-8-12(20)7-13(21)9-14/h4-9H,10H2,1-3H3,(H,22,25). The van der Waals surface area contributed by atoms with E-state index in [4.69, 9.17) is 27.9 Å². The number of hydrogen-bond donors (Lipinski definition) is 1. The molecule has 8 heteroatoms. The normalized spacial score (nSPS) is 15.0. The molecule has 1 N–H and O–H groups in total. The predicted molar refractivity (Wildman–Crippen MR) is 109 cm³/mol. The number of thiophene rings is 1. The maximum absolute atomic E-state index is 13.1. The van der Waals surface area contributed by atoms with Crippen molar-refractivity contribution in [3.05, 3.63) is 56.4 Å². The monoisotopic (exact) mass is 424 g/mol. The van der Waals surface area contributed by atoms with Crippen molar-refractivity contribution in [3.8, 4) is 0 Å². The second-order valence-electron chi connectivity index (χ2n) is 6.59. The molecule has 0 fully saturated rings. The van der Waals surface area contributed by atoms with Gasteiger partial charge in [0.2, 0.25) is 5.91 Å². The van der Waals surface area contributed by atoms with Crippen LogP contribution in [0.15, 0.2) is 41.5 Å². The molecule has 1 aliphatic heterocycles. The van der Waals surface area contributed by atoms with Crippen LogP contribution in [0.1, 0.15) is 25.6 Å². The molecule has 3 rings (SSSR count). The molecule has 27 heavy (non-hydrogen) atoms. The molecule has 142 valence electrons. The fourth-order valence-corrected chi connectivity index (χ4v) is 4.06. The third kappa shape index (κ3) is 3.98. The van der Waals surface area contributed by atoms with E-state index in [0.29, 0.717) is 27.1 Å². The number of benzene rings is 1. The zero-order valence-electron chi connectivity index (χ0n) is 15.0. The van der Waals surface area contributed by atoms with Gasteiger partial charge < -0.3 is 10.1 Å². The molecule has 0 bridgehead atoms. The van der Waals surface area contributed by atoms with Gasteiger partial charge in [0.1, 0.15) is 11.3 Å². The quantitative estimate of drug-likeness (QED) is 0.749. The number of rotatable bonds is 4. The summed E-state index contributed by atoms with van der Waals surface area (Å²) >= 11 is 13.4. The van der Waals surface area contributed by atoms with E-state index in [0.717, 1.165) is 4.88 Å². The lowest BCUT2D eigenvalue weighted by molar-refractivity contribution is -0.147. The zero-order valence-corrected chi connectivity index (χ0v) is 17.3. The molecule has 0 saturated carbocycles. The van der Waals surface area contributed by atoms with Crippen molar-refractivity contribution >= 4 is 57.6 Å². The van der Waals surface area contributed by atoms with Crippen LogP contribution in [0.2, 0.25) is 10.0 Å². The lowest BCUT2D eigenvalue weighted by atomic mass is 9.99. The van der Waals surface area contributed by atoms with Crippen molar-refractivity contribution in [2.75, 3.05) is 12.0 Å². The molecule has 1 aliphatic rings. The third-order valence-corrected chi connectivity index (χ3v) is 5.66. The Bertz CT molecular complexity index is 903. The largest absolute Gasteiger partial charge is 0.477 e. The minimum Gasteiger partial charge on any atom is -0.477 e. The summed E-state index contributed by atoms with van der Waals surface area (Å²) in [6.45, 7) is 5.09. The Kier molecular flexibility index (Phi) is 5.51. The summed E-state index contributed by atoms with van der Waals surface area (Å²) in [6, 6.07) is 8.49. The molecule has 1 aromatic heterocycles. The van der Waals surface area contributed by atoms with Gasteiger partial charge in [0.05, 0.1) is 5.57 Å². The molecule has 5 nitrogen and oxygen atoms in total. The van der Waals surface area contributed by atoms with Crippen LogP contribution in [0.3, 0.4) is 0 Å². The number of anilines is 1. The van der Waals surface area contributed by atoms with E-state index in [-0.39, 0.29) is 18.5 Å². The number of carbonyl (C=O) groups is 2. The van der Waals surface area contributed by atoms with E-state index in [9.17, 15) is 9.59 Å². The molecule has 2 heterocycles. The van der Waals surface area contributed by atoms with Crippen LogP contribution >= 0.6 is 34.5 Å². The second-order valence-corrected chi connectivity index (χ2v) is 8.41. The summed E-state index contributed by atoms with van der Waals surface area (Å²) in [4.78, 5) is 28.3.